The third-order valence-corrected chi connectivity index (χ3v) is 7.30. The number of hydrogen-bond acceptors (Lipinski definition) is 4. The lowest BCUT2D eigenvalue weighted by molar-refractivity contribution is -0.122. The molecule has 1 amide bonds. The first-order valence-corrected chi connectivity index (χ1v) is 12.3. The number of nitrogens with one attached hydrogen (secondary N) is 1. The smallest absolute Gasteiger partial charge is 0.243 e. The van der Waals surface area contributed by atoms with Gasteiger partial charge in [0.1, 0.15) is 5.75 Å². The zero-order chi connectivity index (χ0) is 23.1. The highest BCUT2D eigenvalue weighted by atomic mass is 79.9. The monoisotopic (exact) mass is 516 g/mol. The zero-order valence-electron chi connectivity index (χ0n) is 17.9. The maximum Gasteiger partial charge on any atom is 0.243 e. The SMILES string of the molecule is COc1ccc(S(=O)(=O)N(CC(=O)N[C@H](C)c2ccc(Br)cc2)Cc2ccccc2)cc1. The number of sulfonamides is 1. The predicted octanol–water partition coefficient (Wildman–Crippen LogP) is 4.53. The molecule has 6 nitrogen and oxygen atoms in total. The Bertz CT molecular complexity index is 1130. The van der Waals surface area contributed by atoms with Crippen molar-refractivity contribution < 1.29 is 17.9 Å². The van der Waals surface area contributed by atoms with Crippen LogP contribution in [0.25, 0.3) is 0 Å². The molecular weight excluding hydrogens is 492 g/mol. The molecule has 0 saturated carbocycles. The van der Waals surface area contributed by atoms with Crippen LogP contribution in [0.4, 0.5) is 0 Å². The van der Waals surface area contributed by atoms with Gasteiger partial charge in [0, 0.05) is 11.0 Å². The Morgan fingerprint density at radius 1 is 1.00 bits per heavy atom. The van der Waals surface area contributed by atoms with E-state index in [2.05, 4.69) is 21.2 Å². The lowest BCUT2D eigenvalue weighted by Crippen LogP contribution is -2.41. The minimum absolute atomic E-state index is 0.0787. The summed E-state index contributed by atoms with van der Waals surface area (Å²) in [5.74, 6) is 0.174. The van der Waals surface area contributed by atoms with Gasteiger partial charge in [0.25, 0.3) is 0 Å². The van der Waals surface area contributed by atoms with Gasteiger partial charge in [0.2, 0.25) is 15.9 Å². The number of methoxy groups -OCH3 is 1. The maximum absolute atomic E-state index is 13.4. The van der Waals surface area contributed by atoms with E-state index < -0.39 is 10.0 Å². The number of halogens is 1. The fourth-order valence-corrected chi connectivity index (χ4v) is 4.84. The van der Waals surface area contributed by atoms with Crippen LogP contribution in [-0.4, -0.2) is 32.3 Å². The first-order chi connectivity index (χ1) is 15.3. The number of amides is 1. The summed E-state index contributed by atoms with van der Waals surface area (Å²) in [6, 6.07) is 22.7. The van der Waals surface area contributed by atoms with Crippen LogP contribution < -0.4 is 10.1 Å². The van der Waals surface area contributed by atoms with E-state index in [0.717, 1.165) is 15.6 Å². The van der Waals surface area contributed by atoms with E-state index in [4.69, 9.17) is 4.74 Å². The highest BCUT2D eigenvalue weighted by Crippen LogP contribution is 2.22. The molecule has 8 heteroatoms. The van der Waals surface area contributed by atoms with Gasteiger partial charge in [-0.15, -0.1) is 0 Å². The summed E-state index contributed by atoms with van der Waals surface area (Å²) >= 11 is 3.39. The Balaban J connectivity index is 1.81. The van der Waals surface area contributed by atoms with Crippen molar-refractivity contribution >= 4 is 31.9 Å². The summed E-state index contributed by atoms with van der Waals surface area (Å²) in [6.07, 6.45) is 0. The molecule has 0 aromatic heterocycles. The molecule has 0 aliphatic heterocycles. The van der Waals surface area contributed by atoms with E-state index in [1.165, 1.54) is 23.5 Å². The van der Waals surface area contributed by atoms with Gasteiger partial charge in [0.15, 0.2) is 0 Å². The number of nitrogens with zero attached hydrogens (tertiary/aromatic N) is 1. The molecule has 3 aromatic carbocycles. The molecule has 0 saturated heterocycles. The topological polar surface area (TPSA) is 75.7 Å². The summed E-state index contributed by atoms with van der Waals surface area (Å²) in [5, 5.41) is 2.89. The van der Waals surface area contributed by atoms with Gasteiger partial charge in [-0.25, -0.2) is 8.42 Å². The minimum Gasteiger partial charge on any atom is -0.497 e. The molecule has 32 heavy (non-hydrogen) atoms. The van der Waals surface area contributed by atoms with E-state index in [9.17, 15) is 13.2 Å². The zero-order valence-corrected chi connectivity index (χ0v) is 20.3. The Hall–Kier alpha value is -2.68. The van der Waals surface area contributed by atoms with Crippen LogP contribution in [0.3, 0.4) is 0 Å². The van der Waals surface area contributed by atoms with Crippen LogP contribution in [-0.2, 0) is 21.4 Å². The molecule has 0 bridgehead atoms. The molecule has 0 aliphatic rings. The van der Waals surface area contributed by atoms with Gasteiger partial charge in [0.05, 0.1) is 24.6 Å². The number of hydrogen-bond donors (Lipinski definition) is 1. The number of benzene rings is 3. The molecule has 0 fully saturated rings. The number of carbonyl (C=O) groups is 1. The third kappa shape index (κ3) is 6.18. The summed E-state index contributed by atoms with van der Waals surface area (Å²) in [7, 11) is -2.40. The first kappa shape index (κ1) is 24.0. The van der Waals surface area contributed by atoms with Crippen molar-refractivity contribution in [1.82, 2.24) is 9.62 Å². The molecule has 1 N–H and O–H groups in total. The van der Waals surface area contributed by atoms with Crippen molar-refractivity contribution in [3.05, 3.63) is 94.5 Å². The van der Waals surface area contributed by atoms with Crippen LogP contribution in [0.5, 0.6) is 5.75 Å². The minimum atomic E-state index is -3.91. The van der Waals surface area contributed by atoms with Crippen molar-refractivity contribution in [3.8, 4) is 5.75 Å². The second kappa shape index (κ2) is 10.8. The van der Waals surface area contributed by atoms with Gasteiger partial charge in [-0.05, 0) is 54.4 Å². The van der Waals surface area contributed by atoms with Gasteiger partial charge in [-0.3, -0.25) is 4.79 Å². The number of carbonyl (C=O) groups excluding carboxylic acids is 1. The van der Waals surface area contributed by atoms with E-state index in [-0.39, 0.29) is 29.9 Å². The highest BCUT2D eigenvalue weighted by molar-refractivity contribution is 9.10. The third-order valence-electron chi connectivity index (χ3n) is 4.97. The Kier molecular flexibility index (Phi) is 8.06. The van der Waals surface area contributed by atoms with Crippen molar-refractivity contribution in [2.24, 2.45) is 0 Å². The van der Waals surface area contributed by atoms with Crippen LogP contribution in [0.1, 0.15) is 24.1 Å². The largest absolute Gasteiger partial charge is 0.497 e. The van der Waals surface area contributed by atoms with Gasteiger partial charge >= 0.3 is 0 Å². The Morgan fingerprint density at radius 3 is 2.22 bits per heavy atom. The second-order valence-corrected chi connectivity index (χ2v) is 10.1. The summed E-state index contributed by atoms with van der Waals surface area (Å²) < 4.78 is 34.0. The quantitative estimate of drug-likeness (QED) is 0.453. The molecular formula is C24H25BrN2O4S. The van der Waals surface area contributed by atoms with Crippen molar-refractivity contribution in [2.75, 3.05) is 13.7 Å². The van der Waals surface area contributed by atoms with Crippen LogP contribution in [0, 0.1) is 0 Å². The van der Waals surface area contributed by atoms with E-state index >= 15 is 0 Å². The van der Waals surface area contributed by atoms with Gasteiger partial charge in [-0.2, -0.15) is 4.31 Å². The van der Waals surface area contributed by atoms with Crippen LogP contribution >= 0.6 is 15.9 Å². The van der Waals surface area contributed by atoms with Gasteiger partial charge in [-0.1, -0.05) is 58.4 Å². The molecule has 0 unspecified atom stereocenters. The van der Waals surface area contributed by atoms with Crippen molar-refractivity contribution in [1.29, 1.82) is 0 Å². The van der Waals surface area contributed by atoms with Crippen LogP contribution in [0.15, 0.2) is 88.2 Å². The number of rotatable bonds is 9. The fourth-order valence-electron chi connectivity index (χ4n) is 3.19. The van der Waals surface area contributed by atoms with Crippen molar-refractivity contribution in [2.45, 2.75) is 24.4 Å². The van der Waals surface area contributed by atoms with E-state index in [1.807, 2.05) is 61.5 Å². The molecule has 168 valence electrons. The summed E-state index contributed by atoms with van der Waals surface area (Å²) in [4.78, 5) is 12.9. The summed E-state index contributed by atoms with van der Waals surface area (Å²) in [6.45, 7) is 1.64. The molecule has 1 atom stereocenters. The number of ether oxygens (including phenoxy) is 1. The van der Waals surface area contributed by atoms with Gasteiger partial charge < -0.3 is 10.1 Å². The predicted molar refractivity (Wildman–Crippen MR) is 128 cm³/mol. The lowest BCUT2D eigenvalue weighted by Gasteiger charge is -2.23. The van der Waals surface area contributed by atoms with Crippen molar-refractivity contribution in [3.63, 3.8) is 0 Å². The Labute approximate surface area is 197 Å². The molecule has 0 radical (unpaired) electrons. The standard InChI is InChI=1S/C24H25BrN2O4S/c1-18(20-8-10-21(25)11-9-20)26-24(28)17-27(16-19-6-4-3-5-7-19)32(29,30)23-14-12-22(31-2)13-15-23/h3-15,18H,16-17H2,1-2H3,(H,26,28)/t18-/m1/s1. The van der Waals surface area contributed by atoms with E-state index in [0.29, 0.717) is 5.75 Å². The molecule has 0 aliphatic carbocycles. The molecule has 3 aromatic rings. The molecule has 3 rings (SSSR count). The van der Waals surface area contributed by atoms with E-state index in [1.54, 1.807) is 12.1 Å². The normalized spacial score (nSPS) is 12.4. The summed E-state index contributed by atoms with van der Waals surface area (Å²) in [5.41, 5.74) is 1.72. The highest BCUT2D eigenvalue weighted by Gasteiger charge is 2.27. The lowest BCUT2D eigenvalue weighted by atomic mass is 10.1. The fraction of sp³-hybridized carbons (Fsp3) is 0.208. The average Bonchev–Trinajstić information content (AvgIpc) is 2.79. The second-order valence-electron chi connectivity index (χ2n) is 7.27. The first-order valence-electron chi connectivity index (χ1n) is 10.0. The average molecular weight is 517 g/mol. The maximum atomic E-state index is 13.4. The Morgan fingerprint density at radius 2 is 1.62 bits per heavy atom. The molecule has 0 heterocycles. The molecule has 0 spiro atoms. The van der Waals surface area contributed by atoms with Crippen LogP contribution in [0.2, 0.25) is 0 Å².